The van der Waals surface area contributed by atoms with Crippen molar-refractivity contribution in [1.29, 1.82) is 0 Å². The molecule has 1 aromatic heterocycles. The van der Waals surface area contributed by atoms with Gasteiger partial charge in [0.15, 0.2) is 0 Å². The molecule has 1 heterocycles. The Morgan fingerprint density at radius 2 is 2.10 bits per heavy atom. The van der Waals surface area contributed by atoms with Gasteiger partial charge in [0, 0.05) is 16.3 Å². The number of carbonyl (C=O) groups excluding carboxylic acids is 2. The fourth-order valence-electron chi connectivity index (χ4n) is 3.60. The number of benzene rings is 1. The van der Waals surface area contributed by atoms with E-state index in [2.05, 4.69) is 12.2 Å². The van der Waals surface area contributed by atoms with Crippen LogP contribution >= 0.6 is 34.5 Å². The Bertz CT molecular complexity index is 928. The van der Waals surface area contributed by atoms with Gasteiger partial charge in [-0.3, -0.25) is 4.79 Å². The lowest BCUT2D eigenvalue weighted by atomic mass is 9.85. The van der Waals surface area contributed by atoms with Crippen LogP contribution in [0.2, 0.25) is 10.0 Å². The lowest BCUT2D eigenvalue weighted by Gasteiger charge is -2.20. The minimum Gasteiger partial charge on any atom is -0.492 e. The van der Waals surface area contributed by atoms with Gasteiger partial charge in [0.1, 0.15) is 10.8 Å². The van der Waals surface area contributed by atoms with Gasteiger partial charge < -0.3 is 14.8 Å². The molecule has 0 saturated heterocycles. The van der Waals surface area contributed by atoms with Crippen LogP contribution in [0.25, 0.3) is 0 Å². The first-order valence-electron chi connectivity index (χ1n) is 10.0. The fraction of sp³-hybridized carbons (Fsp3) is 0.455. The van der Waals surface area contributed by atoms with Crippen molar-refractivity contribution < 1.29 is 19.1 Å². The highest BCUT2D eigenvalue weighted by molar-refractivity contribution is 7.17. The number of methoxy groups -OCH3 is 1. The molecule has 1 aliphatic carbocycles. The summed E-state index contributed by atoms with van der Waals surface area (Å²) in [6, 6.07) is 5.01. The number of esters is 1. The summed E-state index contributed by atoms with van der Waals surface area (Å²) in [6.07, 6.45) is 4.76. The molecule has 0 saturated carbocycles. The monoisotopic (exact) mass is 469 g/mol. The lowest BCUT2D eigenvalue weighted by Crippen LogP contribution is -2.16. The van der Waals surface area contributed by atoms with Crippen LogP contribution in [0.15, 0.2) is 18.2 Å². The zero-order valence-electron chi connectivity index (χ0n) is 17.1. The first-order chi connectivity index (χ1) is 14.4. The van der Waals surface area contributed by atoms with Crippen molar-refractivity contribution in [1.82, 2.24) is 0 Å². The number of halogens is 2. The maximum absolute atomic E-state index is 12.5. The van der Waals surface area contributed by atoms with Crippen molar-refractivity contribution in [2.24, 2.45) is 5.92 Å². The van der Waals surface area contributed by atoms with E-state index in [1.54, 1.807) is 18.2 Å². The summed E-state index contributed by atoms with van der Waals surface area (Å²) in [6.45, 7) is 2.53. The van der Waals surface area contributed by atoms with Gasteiger partial charge in [0.05, 0.1) is 24.3 Å². The van der Waals surface area contributed by atoms with Crippen LogP contribution in [-0.4, -0.2) is 25.6 Å². The zero-order valence-corrected chi connectivity index (χ0v) is 19.4. The maximum Gasteiger partial charge on any atom is 0.341 e. The van der Waals surface area contributed by atoms with E-state index >= 15 is 0 Å². The van der Waals surface area contributed by atoms with E-state index in [9.17, 15) is 9.59 Å². The Hall–Kier alpha value is -1.76. The minimum absolute atomic E-state index is 0.156. The van der Waals surface area contributed by atoms with E-state index < -0.39 is 5.97 Å². The number of carbonyl (C=O) groups is 2. The second-order valence-corrected chi connectivity index (χ2v) is 9.24. The fourth-order valence-corrected chi connectivity index (χ4v) is 5.43. The number of thiophene rings is 1. The Balaban J connectivity index is 1.59. The summed E-state index contributed by atoms with van der Waals surface area (Å²) in [5.41, 5.74) is 1.55. The summed E-state index contributed by atoms with van der Waals surface area (Å²) < 4.78 is 10.6. The Kier molecular flexibility index (Phi) is 8.03. The molecule has 0 bridgehead atoms. The molecule has 2 aromatic rings. The van der Waals surface area contributed by atoms with Crippen molar-refractivity contribution >= 4 is 51.4 Å². The first-order valence-corrected chi connectivity index (χ1v) is 11.6. The van der Waals surface area contributed by atoms with Crippen LogP contribution in [0.3, 0.4) is 0 Å². The van der Waals surface area contributed by atoms with Crippen LogP contribution in [0, 0.1) is 5.92 Å². The number of nitrogens with one attached hydrogen (secondary N) is 1. The van der Waals surface area contributed by atoms with Crippen LogP contribution in [0.5, 0.6) is 5.75 Å². The number of hydrogen-bond donors (Lipinski definition) is 1. The van der Waals surface area contributed by atoms with Crippen molar-refractivity contribution in [3.63, 3.8) is 0 Å². The third-order valence-electron chi connectivity index (χ3n) is 5.29. The predicted molar refractivity (Wildman–Crippen MR) is 121 cm³/mol. The van der Waals surface area contributed by atoms with E-state index in [0.717, 1.165) is 31.2 Å². The average molecular weight is 470 g/mol. The van der Waals surface area contributed by atoms with Crippen molar-refractivity contribution in [3.8, 4) is 5.75 Å². The molecule has 3 rings (SSSR count). The average Bonchev–Trinajstić information content (AvgIpc) is 3.08. The van der Waals surface area contributed by atoms with E-state index in [-0.39, 0.29) is 12.3 Å². The molecule has 1 atom stereocenters. The van der Waals surface area contributed by atoms with Crippen molar-refractivity contribution in [2.45, 2.75) is 45.4 Å². The summed E-state index contributed by atoms with van der Waals surface area (Å²) in [5, 5.41) is 4.48. The SMILES string of the molecule is CC[C@H]1CCc2c(sc(NC(=O)CCCOc3ccc(Cl)cc3Cl)c2C(=O)OC)C1. The molecule has 162 valence electrons. The highest BCUT2D eigenvalue weighted by atomic mass is 35.5. The van der Waals surface area contributed by atoms with Crippen LogP contribution < -0.4 is 10.1 Å². The molecule has 1 N–H and O–H groups in total. The Labute approximate surface area is 190 Å². The largest absolute Gasteiger partial charge is 0.492 e. The van der Waals surface area contributed by atoms with Gasteiger partial charge in [-0.2, -0.15) is 0 Å². The second-order valence-electron chi connectivity index (χ2n) is 7.29. The smallest absolute Gasteiger partial charge is 0.341 e. The maximum atomic E-state index is 12.5. The Morgan fingerprint density at radius 1 is 1.30 bits per heavy atom. The highest BCUT2D eigenvalue weighted by Gasteiger charge is 2.29. The van der Waals surface area contributed by atoms with Gasteiger partial charge in [0.2, 0.25) is 5.91 Å². The predicted octanol–water partition coefficient (Wildman–Crippen LogP) is 6.15. The molecule has 30 heavy (non-hydrogen) atoms. The van der Waals surface area contributed by atoms with Gasteiger partial charge in [-0.1, -0.05) is 36.5 Å². The number of rotatable bonds is 8. The highest BCUT2D eigenvalue weighted by Crippen LogP contribution is 2.40. The van der Waals surface area contributed by atoms with Crippen LogP contribution in [0.4, 0.5) is 5.00 Å². The molecule has 5 nitrogen and oxygen atoms in total. The van der Waals surface area contributed by atoms with Gasteiger partial charge in [-0.15, -0.1) is 11.3 Å². The minimum atomic E-state index is -0.390. The molecule has 8 heteroatoms. The number of anilines is 1. The second kappa shape index (κ2) is 10.5. The molecule has 1 aromatic carbocycles. The van der Waals surface area contributed by atoms with Gasteiger partial charge in [-0.25, -0.2) is 4.79 Å². The van der Waals surface area contributed by atoms with Crippen molar-refractivity contribution in [2.75, 3.05) is 19.0 Å². The van der Waals surface area contributed by atoms with Gasteiger partial charge >= 0.3 is 5.97 Å². The molecule has 1 aliphatic rings. The first kappa shape index (κ1) is 22.9. The molecule has 0 fully saturated rings. The third-order valence-corrected chi connectivity index (χ3v) is 6.99. The molecule has 0 aliphatic heterocycles. The Morgan fingerprint density at radius 3 is 2.80 bits per heavy atom. The topological polar surface area (TPSA) is 64.6 Å². The number of hydrogen-bond acceptors (Lipinski definition) is 5. The summed E-state index contributed by atoms with van der Waals surface area (Å²) >= 11 is 13.4. The number of ether oxygens (including phenoxy) is 2. The normalized spacial score (nSPS) is 15.4. The van der Waals surface area contributed by atoms with Crippen LogP contribution in [0.1, 0.15) is 53.4 Å². The molecular formula is C22H25Cl2NO4S. The van der Waals surface area contributed by atoms with E-state index in [0.29, 0.717) is 45.3 Å². The molecule has 0 spiro atoms. The third kappa shape index (κ3) is 5.48. The molecule has 0 radical (unpaired) electrons. The van der Waals surface area contributed by atoms with Gasteiger partial charge in [0.25, 0.3) is 0 Å². The molecule has 0 unspecified atom stereocenters. The molecule has 1 amide bonds. The molecular weight excluding hydrogens is 445 g/mol. The van der Waals surface area contributed by atoms with Crippen LogP contribution in [-0.2, 0) is 22.4 Å². The number of fused-ring (bicyclic) bond motifs is 1. The quantitative estimate of drug-likeness (QED) is 0.371. The van der Waals surface area contributed by atoms with Gasteiger partial charge in [-0.05, 0) is 55.4 Å². The lowest BCUT2D eigenvalue weighted by molar-refractivity contribution is -0.116. The number of amides is 1. The standard InChI is InChI=1S/C22H25Cl2NO4S/c1-3-13-6-8-15-18(11-13)30-21(20(15)22(27)28-2)25-19(26)5-4-10-29-17-9-7-14(23)12-16(17)24/h7,9,12-13H,3-6,8,10-11H2,1-2H3,(H,25,26)/t13-/m0/s1. The van der Waals surface area contributed by atoms with Crippen molar-refractivity contribution in [3.05, 3.63) is 44.2 Å². The van der Waals surface area contributed by atoms with E-state index in [4.69, 9.17) is 32.7 Å². The summed E-state index contributed by atoms with van der Waals surface area (Å²) in [7, 11) is 1.37. The zero-order chi connectivity index (χ0) is 21.7. The van der Waals surface area contributed by atoms with E-state index in [1.807, 2.05) is 0 Å². The summed E-state index contributed by atoms with van der Waals surface area (Å²) in [4.78, 5) is 26.0. The van der Waals surface area contributed by atoms with E-state index in [1.165, 1.54) is 23.3 Å². The summed E-state index contributed by atoms with van der Waals surface area (Å²) in [5.74, 6) is 0.614.